The number of aromatic nitrogens is 3. The first-order valence-corrected chi connectivity index (χ1v) is 9.92. The zero-order valence-corrected chi connectivity index (χ0v) is 17.2. The molecule has 1 heterocycles. The molecule has 7 heteroatoms. The van der Waals surface area contributed by atoms with E-state index >= 15 is 0 Å². The average molecular weight is 413 g/mol. The van der Waals surface area contributed by atoms with E-state index in [2.05, 4.69) is 15.6 Å². The summed E-state index contributed by atoms with van der Waals surface area (Å²) in [5.41, 5.74) is 10.4. The van der Waals surface area contributed by atoms with Gasteiger partial charge in [-0.05, 0) is 41.3 Å². The summed E-state index contributed by atoms with van der Waals surface area (Å²) in [6.45, 7) is 0.576. The van der Waals surface area contributed by atoms with E-state index in [0.717, 1.165) is 22.4 Å². The molecule has 3 aromatic carbocycles. The lowest BCUT2D eigenvalue weighted by molar-refractivity contribution is 0.102. The van der Waals surface area contributed by atoms with Crippen LogP contribution in [0.4, 0.5) is 11.4 Å². The van der Waals surface area contributed by atoms with E-state index in [1.54, 1.807) is 24.1 Å². The van der Waals surface area contributed by atoms with Crippen LogP contribution in [-0.2, 0) is 13.0 Å². The molecule has 0 aliphatic rings. The molecule has 0 aliphatic carbocycles. The summed E-state index contributed by atoms with van der Waals surface area (Å²) in [5.74, 6) is 0.467. The van der Waals surface area contributed by atoms with E-state index in [-0.39, 0.29) is 11.6 Å². The first-order valence-electron chi connectivity index (χ1n) is 9.92. The Labute approximate surface area is 180 Å². The summed E-state index contributed by atoms with van der Waals surface area (Å²) in [6, 6.07) is 23.3. The molecule has 0 saturated carbocycles. The van der Waals surface area contributed by atoms with E-state index in [9.17, 15) is 4.79 Å². The molecule has 0 saturated heterocycles. The van der Waals surface area contributed by atoms with Crippen molar-refractivity contribution in [2.24, 2.45) is 0 Å². The van der Waals surface area contributed by atoms with Gasteiger partial charge in [-0.25, -0.2) is 0 Å². The number of hydrogen-bond donors (Lipinski definition) is 2. The number of nitrogen functional groups attached to an aromatic ring is 1. The normalized spacial score (nSPS) is 10.6. The van der Waals surface area contributed by atoms with Crippen molar-refractivity contribution in [2.75, 3.05) is 18.2 Å². The van der Waals surface area contributed by atoms with E-state index in [1.165, 1.54) is 0 Å². The van der Waals surface area contributed by atoms with Gasteiger partial charge in [0.1, 0.15) is 5.75 Å². The van der Waals surface area contributed by atoms with E-state index in [4.69, 9.17) is 10.5 Å². The maximum atomic E-state index is 12.7. The molecule has 0 radical (unpaired) electrons. The summed E-state index contributed by atoms with van der Waals surface area (Å²) >= 11 is 0. The minimum Gasteiger partial charge on any atom is -0.496 e. The predicted octanol–water partition coefficient (Wildman–Crippen LogP) is 4.03. The van der Waals surface area contributed by atoms with Gasteiger partial charge in [0, 0.05) is 6.54 Å². The number of benzene rings is 3. The quantitative estimate of drug-likeness (QED) is 0.446. The highest BCUT2D eigenvalue weighted by Gasteiger charge is 2.14. The first kappa shape index (κ1) is 20.2. The lowest BCUT2D eigenvalue weighted by atomic mass is 10.0. The lowest BCUT2D eigenvalue weighted by Crippen LogP contribution is -2.14. The first-order chi connectivity index (χ1) is 15.1. The Hall–Kier alpha value is -4.13. The topological polar surface area (TPSA) is 95.1 Å². The molecule has 156 valence electrons. The number of amides is 1. The van der Waals surface area contributed by atoms with Gasteiger partial charge >= 0.3 is 0 Å². The molecule has 3 N–H and O–H groups in total. The number of carbonyl (C=O) groups is 1. The molecule has 0 aliphatic heterocycles. The van der Waals surface area contributed by atoms with Gasteiger partial charge in [-0.1, -0.05) is 59.8 Å². The molecular formula is C24H23N5O2. The van der Waals surface area contributed by atoms with Crippen molar-refractivity contribution in [3.05, 3.63) is 90.3 Å². The molecule has 0 fully saturated rings. The number of carbonyl (C=O) groups excluding carboxylic acids is 1. The third-order valence-electron chi connectivity index (χ3n) is 4.98. The van der Waals surface area contributed by atoms with Crippen molar-refractivity contribution in [2.45, 2.75) is 13.0 Å². The van der Waals surface area contributed by atoms with Gasteiger partial charge in [-0.2, -0.15) is 0 Å². The molecule has 0 bridgehead atoms. The Kier molecular flexibility index (Phi) is 5.93. The fourth-order valence-electron chi connectivity index (χ4n) is 3.32. The van der Waals surface area contributed by atoms with Crippen LogP contribution in [0.5, 0.6) is 5.75 Å². The Morgan fingerprint density at radius 2 is 1.81 bits per heavy atom. The van der Waals surface area contributed by atoms with E-state index in [1.807, 2.05) is 66.7 Å². The largest absolute Gasteiger partial charge is 0.496 e. The molecule has 1 amide bonds. The summed E-state index contributed by atoms with van der Waals surface area (Å²) in [5, 5.41) is 10.9. The lowest BCUT2D eigenvalue weighted by Gasteiger charge is -2.10. The number of rotatable bonds is 7. The summed E-state index contributed by atoms with van der Waals surface area (Å²) in [4.78, 5) is 12.7. The second-order valence-electron chi connectivity index (χ2n) is 7.05. The fraction of sp³-hybridized carbons (Fsp3) is 0.125. The van der Waals surface area contributed by atoms with Gasteiger partial charge in [-0.15, -0.1) is 5.10 Å². The monoisotopic (exact) mass is 413 g/mol. The summed E-state index contributed by atoms with van der Waals surface area (Å²) < 4.78 is 7.02. The molecule has 31 heavy (non-hydrogen) atoms. The van der Waals surface area contributed by atoms with Crippen LogP contribution in [0.15, 0.2) is 79.0 Å². The Morgan fingerprint density at radius 1 is 1.03 bits per heavy atom. The van der Waals surface area contributed by atoms with Gasteiger partial charge in [0.2, 0.25) is 0 Å². The maximum Gasteiger partial charge on any atom is 0.277 e. The van der Waals surface area contributed by atoms with E-state index < -0.39 is 0 Å². The van der Waals surface area contributed by atoms with Crippen molar-refractivity contribution in [1.82, 2.24) is 15.0 Å². The number of nitrogens with one attached hydrogen (secondary N) is 1. The number of hydrogen-bond acceptors (Lipinski definition) is 5. The molecule has 0 spiro atoms. The third kappa shape index (κ3) is 4.72. The number of para-hydroxylation sites is 1. The van der Waals surface area contributed by atoms with Gasteiger partial charge in [0.25, 0.3) is 5.91 Å². The minimum absolute atomic E-state index is 0.226. The molecule has 7 nitrogen and oxygen atoms in total. The second kappa shape index (κ2) is 9.13. The Morgan fingerprint density at radius 3 is 2.61 bits per heavy atom. The van der Waals surface area contributed by atoms with Gasteiger partial charge in [0.05, 0.1) is 24.7 Å². The highest BCUT2D eigenvalue weighted by Crippen LogP contribution is 2.27. The smallest absolute Gasteiger partial charge is 0.277 e. The number of methoxy groups -OCH3 is 1. The number of anilines is 2. The van der Waals surface area contributed by atoms with Gasteiger partial charge < -0.3 is 15.8 Å². The second-order valence-corrected chi connectivity index (χ2v) is 7.05. The van der Waals surface area contributed by atoms with Crippen LogP contribution in [0, 0.1) is 0 Å². The fourth-order valence-corrected chi connectivity index (χ4v) is 3.32. The Bertz CT molecular complexity index is 1190. The van der Waals surface area contributed by atoms with Crippen molar-refractivity contribution < 1.29 is 9.53 Å². The van der Waals surface area contributed by atoms with Crippen LogP contribution in [0.25, 0.3) is 11.1 Å². The highest BCUT2D eigenvalue weighted by molar-refractivity contribution is 6.04. The van der Waals surface area contributed by atoms with Crippen LogP contribution in [-0.4, -0.2) is 28.0 Å². The van der Waals surface area contributed by atoms with Crippen molar-refractivity contribution in [1.29, 1.82) is 0 Å². The van der Waals surface area contributed by atoms with Crippen molar-refractivity contribution in [3.63, 3.8) is 0 Å². The molecule has 0 atom stereocenters. The van der Waals surface area contributed by atoms with Gasteiger partial charge in [-0.3, -0.25) is 9.48 Å². The molecule has 1 aromatic heterocycles. The van der Waals surface area contributed by atoms with Crippen LogP contribution < -0.4 is 15.8 Å². The van der Waals surface area contributed by atoms with Crippen molar-refractivity contribution >= 4 is 17.3 Å². The zero-order chi connectivity index (χ0) is 21.6. The molecule has 4 rings (SSSR count). The zero-order valence-electron chi connectivity index (χ0n) is 17.2. The maximum absolute atomic E-state index is 12.7. The number of nitrogens with zero attached hydrogens (tertiary/aromatic N) is 3. The van der Waals surface area contributed by atoms with Gasteiger partial charge in [0.15, 0.2) is 5.69 Å². The van der Waals surface area contributed by atoms with Crippen LogP contribution in [0.3, 0.4) is 0 Å². The Balaban J connectivity index is 1.45. The number of aryl methyl sites for hydroxylation is 2. The number of ether oxygens (including phenoxy) is 1. The van der Waals surface area contributed by atoms with Crippen LogP contribution in [0.1, 0.15) is 16.1 Å². The van der Waals surface area contributed by atoms with Crippen LogP contribution >= 0.6 is 0 Å². The predicted molar refractivity (Wildman–Crippen MR) is 121 cm³/mol. The third-order valence-corrected chi connectivity index (χ3v) is 4.98. The standard InChI is InChI=1S/C24H23N5O2/c1-31-23-10-6-5-9-18(23)13-14-29-16-22(27-28-29)24(30)26-21-15-19(11-12-20(21)25)17-7-3-2-4-8-17/h2-12,15-16H,13-14,25H2,1H3,(H,26,30). The average Bonchev–Trinajstić information content (AvgIpc) is 3.29. The summed E-state index contributed by atoms with van der Waals surface area (Å²) in [7, 11) is 1.65. The minimum atomic E-state index is -0.361. The van der Waals surface area contributed by atoms with Crippen LogP contribution in [0.2, 0.25) is 0 Å². The highest BCUT2D eigenvalue weighted by atomic mass is 16.5. The molecular weight excluding hydrogens is 390 g/mol. The number of nitrogens with two attached hydrogens (primary N) is 1. The summed E-state index contributed by atoms with van der Waals surface area (Å²) in [6.07, 6.45) is 2.34. The van der Waals surface area contributed by atoms with Crippen molar-refractivity contribution in [3.8, 4) is 16.9 Å². The molecule has 4 aromatic rings. The van der Waals surface area contributed by atoms with E-state index in [0.29, 0.717) is 24.3 Å². The molecule has 0 unspecified atom stereocenters. The SMILES string of the molecule is COc1ccccc1CCn1cc(C(=O)Nc2cc(-c3ccccc3)ccc2N)nn1.